The molecule has 1 amide bonds. The number of carbonyl (C=O) groups is 1. The molecule has 142 valence electrons. The predicted octanol–water partition coefficient (Wildman–Crippen LogP) is 2.78. The van der Waals surface area contributed by atoms with Crippen molar-refractivity contribution in [1.82, 2.24) is 19.8 Å². The monoisotopic (exact) mass is 376 g/mol. The Labute approximate surface area is 158 Å². The van der Waals surface area contributed by atoms with Crippen LogP contribution >= 0.6 is 11.3 Å². The molecule has 2 aromatic rings. The maximum Gasteiger partial charge on any atom is 0.262 e. The van der Waals surface area contributed by atoms with Crippen molar-refractivity contribution in [2.45, 2.75) is 59.0 Å². The molecule has 0 saturated carbocycles. The molecule has 0 spiro atoms. The molecule has 0 radical (unpaired) electrons. The lowest BCUT2D eigenvalue weighted by molar-refractivity contribution is 0.0800. The molecule has 0 atom stereocenters. The molecular formula is C19H28N4O2S. The summed E-state index contributed by atoms with van der Waals surface area (Å²) in [6.45, 7) is 11.4. The van der Waals surface area contributed by atoms with Gasteiger partial charge in [0.25, 0.3) is 11.5 Å². The molecule has 7 heteroatoms. The summed E-state index contributed by atoms with van der Waals surface area (Å²) >= 11 is 1.30. The summed E-state index contributed by atoms with van der Waals surface area (Å²) in [6.07, 6.45) is 5.30. The molecule has 0 aliphatic carbocycles. The largest absolute Gasteiger partial charge is 0.349 e. The minimum Gasteiger partial charge on any atom is -0.349 e. The molecule has 1 saturated heterocycles. The van der Waals surface area contributed by atoms with E-state index < -0.39 is 0 Å². The second-order valence-corrected chi connectivity index (χ2v) is 8.61. The minimum absolute atomic E-state index is 0.0704. The first-order chi connectivity index (χ1) is 12.3. The number of likely N-dealkylation sites (tertiary alicyclic amines) is 1. The highest BCUT2D eigenvalue weighted by Gasteiger charge is 2.29. The van der Waals surface area contributed by atoms with E-state index in [9.17, 15) is 9.59 Å². The predicted molar refractivity (Wildman–Crippen MR) is 106 cm³/mol. The van der Waals surface area contributed by atoms with Crippen LogP contribution in [-0.2, 0) is 6.54 Å². The molecule has 26 heavy (non-hydrogen) atoms. The van der Waals surface area contributed by atoms with E-state index in [4.69, 9.17) is 0 Å². The quantitative estimate of drug-likeness (QED) is 0.871. The first kappa shape index (κ1) is 19.0. The average Bonchev–Trinajstić information content (AvgIpc) is 2.98. The molecule has 1 fully saturated rings. The fourth-order valence-corrected chi connectivity index (χ4v) is 4.64. The molecule has 1 aliphatic rings. The van der Waals surface area contributed by atoms with E-state index in [0.717, 1.165) is 18.7 Å². The summed E-state index contributed by atoms with van der Waals surface area (Å²) in [6, 6.07) is 0. The Balaban J connectivity index is 1.79. The lowest BCUT2D eigenvalue weighted by Crippen LogP contribution is -2.53. The molecule has 0 aromatic carbocycles. The van der Waals surface area contributed by atoms with Crippen molar-refractivity contribution in [2.75, 3.05) is 19.6 Å². The highest BCUT2D eigenvalue weighted by molar-refractivity contribution is 7.20. The van der Waals surface area contributed by atoms with Gasteiger partial charge in [0.2, 0.25) is 0 Å². The number of nitrogens with one attached hydrogen (secondary N) is 1. The lowest BCUT2D eigenvalue weighted by Gasteiger charge is -2.41. The molecule has 1 aliphatic heterocycles. The van der Waals surface area contributed by atoms with Gasteiger partial charge >= 0.3 is 0 Å². The number of hydrogen-bond acceptors (Lipinski definition) is 5. The third kappa shape index (κ3) is 3.55. The first-order valence-electron chi connectivity index (χ1n) is 9.37. The van der Waals surface area contributed by atoms with E-state index in [1.807, 2.05) is 13.8 Å². The summed E-state index contributed by atoms with van der Waals surface area (Å²) in [5.41, 5.74) is 0.589. The summed E-state index contributed by atoms with van der Waals surface area (Å²) in [4.78, 5) is 33.3. The smallest absolute Gasteiger partial charge is 0.262 e. The van der Waals surface area contributed by atoms with Crippen LogP contribution in [-0.4, -0.2) is 45.5 Å². The van der Waals surface area contributed by atoms with Crippen molar-refractivity contribution in [3.05, 3.63) is 27.1 Å². The van der Waals surface area contributed by atoms with Crippen LogP contribution < -0.4 is 10.9 Å². The molecule has 6 nitrogen and oxygen atoms in total. The molecule has 0 bridgehead atoms. The number of hydrogen-bond donors (Lipinski definition) is 1. The number of thiophene rings is 1. The number of fused-ring (bicyclic) bond motifs is 1. The van der Waals surface area contributed by atoms with Crippen molar-refractivity contribution in [2.24, 2.45) is 0 Å². The SMILES string of the molecule is CCn1cnc2sc(C(=O)NCC(C)(C)N3CCCCC3)c(C)c2c1=O. The van der Waals surface area contributed by atoms with E-state index >= 15 is 0 Å². The van der Waals surface area contributed by atoms with Crippen molar-refractivity contribution < 1.29 is 4.79 Å². The van der Waals surface area contributed by atoms with Crippen LogP contribution in [0.1, 0.15) is 55.3 Å². The fourth-order valence-electron chi connectivity index (χ4n) is 3.59. The van der Waals surface area contributed by atoms with Crippen LogP contribution in [0.3, 0.4) is 0 Å². The Morgan fingerprint density at radius 3 is 2.65 bits per heavy atom. The van der Waals surface area contributed by atoms with Crippen LogP contribution in [0.15, 0.2) is 11.1 Å². The first-order valence-corrected chi connectivity index (χ1v) is 10.2. The normalized spacial score (nSPS) is 16.2. The number of piperidine rings is 1. The summed E-state index contributed by atoms with van der Waals surface area (Å²) in [5, 5.41) is 3.65. The second-order valence-electron chi connectivity index (χ2n) is 7.61. The van der Waals surface area contributed by atoms with E-state index in [1.54, 1.807) is 10.9 Å². The Bertz CT molecular complexity index is 862. The van der Waals surface area contributed by atoms with Gasteiger partial charge < -0.3 is 5.32 Å². The van der Waals surface area contributed by atoms with Crippen LogP contribution in [0, 0.1) is 6.92 Å². The lowest BCUT2D eigenvalue weighted by atomic mass is 9.98. The molecule has 2 aromatic heterocycles. The Hall–Kier alpha value is -1.73. The van der Waals surface area contributed by atoms with E-state index in [2.05, 4.69) is 29.0 Å². The van der Waals surface area contributed by atoms with Gasteiger partial charge in [-0.3, -0.25) is 19.1 Å². The van der Waals surface area contributed by atoms with Crippen molar-refractivity contribution in [3.8, 4) is 0 Å². The van der Waals surface area contributed by atoms with Gasteiger partial charge in [-0.1, -0.05) is 6.42 Å². The van der Waals surface area contributed by atoms with Gasteiger partial charge in [0.05, 0.1) is 16.6 Å². The highest BCUT2D eigenvalue weighted by Crippen LogP contribution is 2.27. The Kier molecular flexibility index (Phi) is 5.48. The van der Waals surface area contributed by atoms with Crippen LogP contribution in [0.25, 0.3) is 10.2 Å². The fraction of sp³-hybridized carbons (Fsp3) is 0.632. The molecule has 1 N–H and O–H groups in total. The van der Waals surface area contributed by atoms with Gasteiger partial charge in [-0.25, -0.2) is 4.98 Å². The Morgan fingerprint density at radius 2 is 2.00 bits per heavy atom. The van der Waals surface area contributed by atoms with E-state index in [-0.39, 0.29) is 17.0 Å². The Morgan fingerprint density at radius 1 is 1.31 bits per heavy atom. The maximum absolute atomic E-state index is 12.8. The zero-order chi connectivity index (χ0) is 18.9. The highest BCUT2D eigenvalue weighted by atomic mass is 32.1. The number of aryl methyl sites for hydroxylation is 2. The molecular weight excluding hydrogens is 348 g/mol. The number of aromatic nitrogens is 2. The third-order valence-electron chi connectivity index (χ3n) is 5.36. The van der Waals surface area contributed by atoms with Gasteiger partial charge in [-0.2, -0.15) is 0 Å². The van der Waals surface area contributed by atoms with Gasteiger partial charge in [-0.05, 0) is 59.2 Å². The molecule has 3 heterocycles. The summed E-state index contributed by atoms with van der Waals surface area (Å²) < 4.78 is 1.57. The number of amides is 1. The molecule has 0 unspecified atom stereocenters. The van der Waals surface area contributed by atoms with Crippen LogP contribution in [0.5, 0.6) is 0 Å². The number of carbonyl (C=O) groups excluding carboxylic acids is 1. The van der Waals surface area contributed by atoms with Crippen molar-refractivity contribution in [3.63, 3.8) is 0 Å². The van der Waals surface area contributed by atoms with Crippen molar-refractivity contribution in [1.29, 1.82) is 0 Å². The minimum atomic E-state index is -0.113. The summed E-state index contributed by atoms with van der Waals surface area (Å²) in [7, 11) is 0. The third-order valence-corrected chi connectivity index (χ3v) is 6.56. The topological polar surface area (TPSA) is 67.2 Å². The standard InChI is InChI=1S/C19H28N4O2S/c1-5-22-12-21-17-14(18(22)25)13(2)15(26-17)16(24)20-11-19(3,4)23-9-7-6-8-10-23/h12H,5-11H2,1-4H3,(H,20,24). The average molecular weight is 377 g/mol. The van der Waals surface area contributed by atoms with E-state index in [1.165, 1.54) is 30.6 Å². The van der Waals surface area contributed by atoms with E-state index in [0.29, 0.717) is 28.2 Å². The molecule has 3 rings (SSSR count). The maximum atomic E-state index is 12.8. The number of rotatable bonds is 5. The number of nitrogens with zero attached hydrogens (tertiary/aromatic N) is 3. The van der Waals surface area contributed by atoms with Crippen LogP contribution in [0.4, 0.5) is 0 Å². The van der Waals surface area contributed by atoms with Gasteiger partial charge in [0, 0.05) is 18.6 Å². The zero-order valence-corrected chi connectivity index (χ0v) is 16.9. The van der Waals surface area contributed by atoms with Crippen molar-refractivity contribution >= 4 is 27.5 Å². The second kappa shape index (κ2) is 7.48. The summed E-state index contributed by atoms with van der Waals surface area (Å²) in [5.74, 6) is -0.113. The van der Waals surface area contributed by atoms with Gasteiger partial charge in [0.15, 0.2) is 0 Å². The van der Waals surface area contributed by atoms with Crippen LogP contribution in [0.2, 0.25) is 0 Å². The zero-order valence-electron chi connectivity index (χ0n) is 16.1. The van der Waals surface area contributed by atoms with Gasteiger partial charge in [0.1, 0.15) is 4.83 Å². The van der Waals surface area contributed by atoms with Gasteiger partial charge in [-0.15, -0.1) is 11.3 Å².